The van der Waals surface area contributed by atoms with Gasteiger partial charge in [0.05, 0.1) is 28.2 Å². The summed E-state index contributed by atoms with van der Waals surface area (Å²) in [7, 11) is -3.04. The zero-order chi connectivity index (χ0) is 16.6. The topological polar surface area (TPSA) is 80.2 Å². The van der Waals surface area contributed by atoms with Crippen molar-refractivity contribution in [1.82, 2.24) is 14.9 Å². The summed E-state index contributed by atoms with van der Waals surface area (Å²) in [5.41, 5.74) is 2.27. The van der Waals surface area contributed by atoms with Crippen molar-refractivity contribution in [2.75, 3.05) is 18.1 Å². The Labute approximate surface area is 135 Å². The minimum atomic E-state index is -3.04. The van der Waals surface area contributed by atoms with Crippen molar-refractivity contribution in [3.63, 3.8) is 0 Å². The van der Waals surface area contributed by atoms with Crippen LogP contribution in [0, 0.1) is 6.92 Å². The number of para-hydroxylation sites is 2. The summed E-state index contributed by atoms with van der Waals surface area (Å²) in [5, 5.41) is 0. The fourth-order valence-electron chi connectivity index (χ4n) is 3.02. The predicted molar refractivity (Wildman–Crippen MR) is 88.0 cm³/mol. The molecule has 1 aliphatic rings. The SMILES string of the molecule is CCN(C(=O)c1nc2ccccc2nc1C)C1CCS(=O)(=O)C1. The Bertz CT molecular complexity index is 864. The van der Waals surface area contributed by atoms with Crippen molar-refractivity contribution in [2.24, 2.45) is 0 Å². The van der Waals surface area contributed by atoms with E-state index >= 15 is 0 Å². The summed E-state index contributed by atoms with van der Waals surface area (Å²) in [6.45, 7) is 4.06. The molecule has 1 unspecified atom stereocenters. The highest BCUT2D eigenvalue weighted by molar-refractivity contribution is 7.91. The lowest BCUT2D eigenvalue weighted by molar-refractivity contribution is 0.0701. The summed E-state index contributed by atoms with van der Waals surface area (Å²) >= 11 is 0. The van der Waals surface area contributed by atoms with Crippen molar-refractivity contribution in [1.29, 1.82) is 0 Å². The van der Waals surface area contributed by atoms with Gasteiger partial charge in [-0.2, -0.15) is 0 Å². The van der Waals surface area contributed by atoms with Gasteiger partial charge in [0.25, 0.3) is 5.91 Å². The lowest BCUT2D eigenvalue weighted by atomic mass is 10.2. The highest BCUT2D eigenvalue weighted by atomic mass is 32.2. The van der Waals surface area contributed by atoms with Crippen LogP contribution in [-0.2, 0) is 9.84 Å². The molecule has 0 spiro atoms. The molecule has 3 rings (SSSR count). The van der Waals surface area contributed by atoms with Gasteiger partial charge >= 0.3 is 0 Å². The molecule has 1 saturated heterocycles. The standard InChI is InChI=1S/C16H19N3O3S/c1-3-19(12-8-9-23(21,22)10-12)16(20)15-11(2)17-13-6-4-5-7-14(13)18-15/h4-7,12H,3,8-10H2,1-2H3. The summed E-state index contributed by atoms with van der Waals surface area (Å²) in [5.74, 6) is -0.0680. The zero-order valence-electron chi connectivity index (χ0n) is 13.2. The van der Waals surface area contributed by atoms with Crippen molar-refractivity contribution in [3.05, 3.63) is 35.7 Å². The van der Waals surface area contributed by atoms with Crippen LogP contribution in [0.15, 0.2) is 24.3 Å². The molecular weight excluding hydrogens is 314 g/mol. The summed E-state index contributed by atoms with van der Waals surface area (Å²) in [6, 6.07) is 7.12. The van der Waals surface area contributed by atoms with Gasteiger partial charge < -0.3 is 4.90 Å². The number of amides is 1. The van der Waals surface area contributed by atoms with Crippen LogP contribution < -0.4 is 0 Å². The molecule has 23 heavy (non-hydrogen) atoms. The van der Waals surface area contributed by atoms with E-state index < -0.39 is 9.84 Å². The van der Waals surface area contributed by atoms with Crippen molar-refractivity contribution in [2.45, 2.75) is 26.3 Å². The van der Waals surface area contributed by atoms with Crippen molar-refractivity contribution >= 4 is 26.8 Å². The Balaban J connectivity index is 1.96. The monoisotopic (exact) mass is 333 g/mol. The van der Waals surface area contributed by atoms with Crippen LogP contribution in [0.2, 0.25) is 0 Å². The zero-order valence-corrected chi connectivity index (χ0v) is 14.0. The first-order valence-electron chi connectivity index (χ1n) is 7.66. The normalized spacial score (nSPS) is 19.8. The van der Waals surface area contributed by atoms with Crippen LogP contribution in [0.25, 0.3) is 11.0 Å². The Morgan fingerprint density at radius 3 is 2.48 bits per heavy atom. The largest absolute Gasteiger partial charge is 0.333 e. The maximum absolute atomic E-state index is 12.9. The molecule has 7 heteroatoms. The van der Waals surface area contributed by atoms with Gasteiger partial charge in [-0.1, -0.05) is 12.1 Å². The second kappa shape index (κ2) is 5.88. The summed E-state index contributed by atoms with van der Waals surface area (Å²) in [6.07, 6.45) is 0.488. The highest BCUT2D eigenvalue weighted by Crippen LogP contribution is 2.21. The fourth-order valence-corrected chi connectivity index (χ4v) is 4.75. The molecule has 122 valence electrons. The van der Waals surface area contributed by atoms with Gasteiger partial charge in [0.2, 0.25) is 0 Å². The van der Waals surface area contributed by atoms with Gasteiger partial charge in [0, 0.05) is 12.6 Å². The number of benzene rings is 1. The lowest BCUT2D eigenvalue weighted by Crippen LogP contribution is -2.41. The maximum Gasteiger partial charge on any atom is 0.274 e. The molecule has 1 aliphatic heterocycles. The lowest BCUT2D eigenvalue weighted by Gasteiger charge is -2.26. The molecule has 0 aliphatic carbocycles. The fraction of sp³-hybridized carbons (Fsp3) is 0.438. The van der Waals surface area contributed by atoms with Gasteiger partial charge in [-0.05, 0) is 32.4 Å². The molecule has 1 fully saturated rings. The Kier molecular flexibility index (Phi) is 4.06. The first-order chi connectivity index (χ1) is 10.9. The van der Waals surface area contributed by atoms with E-state index in [1.54, 1.807) is 11.8 Å². The van der Waals surface area contributed by atoms with Crippen LogP contribution in [0.5, 0.6) is 0 Å². The number of fused-ring (bicyclic) bond motifs is 1. The van der Waals surface area contributed by atoms with E-state index in [1.165, 1.54) is 0 Å². The molecule has 0 saturated carbocycles. The number of sulfone groups is 1. The van der Waals surface area contributed by atoms with E-state index in [1.807, 2.05) is 31.2 Å². The van der Waals surface area contributed by atoms with Crippen LogP contribution >= 0.6 is 0 Å². The number of nitrogens with zero attached hydrogens (tertiary/aromatic N) is 3. The van der Waals surface area contributed by atoms with Crippen LogP contribution in [0.4, 0.5) is 0 Å². The number of carbonyl (C=O) groups is 1. The molecule has 2 aromatic rings. The van der Waals surface area contributed by atoms with E-state index in [9.17, 15) is 13.2 Å². The van der Waals surface area contributed by atoms with E-state index in [0.717, 1.165) is 5.52 Å². The summed E-state index contributed by atoms with van der Waals surface area (Å²) < 4.78 is 23.4. The minimum absolute atomic E-state index is 0.0344. The van der Waals surface area contributed by atoms with Crippen molar-refractivity contribution in [3.8, 4) is 0 Å². The molecule has 1 aromatic carbocycles. The average Bonchev–Trinajstić information content (AvgIpc) is 2.87. The minimum Gasteiger partial charge on any atom is -0.333 e. The molecule has 1 aromatic heterocycles. The summed E-state index contributed by atoms with van der Waals surface area (Å²) in [4.78, 5) is 23.4. The second-order valence-corrected chi connectivity index (χ2v) is 8.02. The molecule has 1 atom stereocenters. The predicted octanol–water partition coefficient (Wildman–Crippen LogP) is 1.59. The van der Waals surface area contributed by atoms with E-state index in [4.69, 9.17) is 0 Å². The quantitative estimate of drug-likeness (QED) is 0.852. The van der Waals surface area contributed by atoms with Gasteiger partial charge in [-0.25, -0.2) is 18.4 Å². The second-order valence-electron chi connectivity index (χ2n) is 5.79. The van der Waals surface area contributed by atoms with E-state index in [-0.39, 0.29) is 23.5 Å². The number of hydrogen-bond donors (Lipinski definition) is 0. The van der Waals surface area contributed by atoms with Crippen LogP contribution in [0.1, 0.15) is 29.5 Å². The van der Waals surface area contributed by atoms with Gasteiger partial charge in [-0.3, -0.25) is 4.79 Å². The van der Waals surface area contributed by atoms with Gasteiger partial charge in [-0.15, -0.1) is 0 Å². The number of carbonyl (C=O) groups excluding carboxylic acids is 1. The first-order valence-corrected chi connectivity index (χ1v) is 9.48. The number of rotatable bonds is 3. The third-order valence-electron chi connectivity index (χ3n) is 4.20. The Hall–Kier alpha value is -2.02. The van der Waals surface area contributed by atoms with Crippen molar-refractivity contribution < 1.29 is 13.2 Å². The first kappa shape index (κ1) is 15.9. The Morgan fingerprint density at radius 2 is 1.91 bits per heavy atom. The molecule has 2 heterocycles. The van der Waals surface area contributed by atoms with E-state index in [0.29, 0.717) is 29.9 Å². The molecule has 6 nitrogen and oxygen atoms in total. The molecular formula is C16H19N3O3S. The molecule has 0 radical (unpaired) electrons. The highest BCUT2D eigenvalue weighted by Gasteiger charge is 2.35. The Morgan fingerprint density at radius 1 is 1.26 bits per heavy atom. The number of aromatic nitrogens is 2. The van der Waals surface area contributed by atoms with Gasteiger partial charge in [0.15, 0.2) is 9.84 Å². The van der Waals surface area contributed by atoms with E-state index in [2.05, 4.69) is 9.97 Å². The third kappa shape index (κ3) is 3.06. The van der Waals surface area contributed by atoms with Crippen LogP contribution in [-0.4, -0.2) is 53.3 Å². The smallest absolute Gasteiger partial charge is 0.274 e. The van der Waals surface area contributed by atoms with Crippen LogP contribution in [0.3, 0.4) is 0 Å². The molecule has 0 N–H and O–H groups in total. The average molecular weight is 333 g/mol. The molecule has 1 amide bonds. The number of hydrogen-bond acceptors (Lipinski definition) is 5. The molecule has 0 bridgehead atoms. The maximum atomic E-state index is 12.9. The van der Waals surface area contributed by atoms with Gasteiger partial charge in [0.1, 0.15) is 5.69 Å². The third-order valence-corrected chi connectivity index (χ3v) is 5.95. The number of aryl methyl sites for hydroxylation is 1.